The molecule has 0 bridgehead atoms. The maximum absolute atomic E-state index is 12.7. The molecule has 0 heterocycles. The van der Waals surface area contributed by atoms with Crippen LogP contribution >= 0.6 is 0 Å². The molecule has 3 unspecified atom stereocenters. The second-order valence-corrected chi connectivity index (χ2v) is 10.6. The number of methoxy groups -OCH3 is 1. The van der Waals surface area contributed by atoms with Gasteiger partial charge in [0.15, 0.2) is 11.5 Å². The molecule has 1 aromatic carbocycles. The van der Waals surface area contributed by atoms with E-state index in [1.165, 1.54) is 19.2 Å². The fourth-order valence-electron chi connectivity index (χ4n) is 3.70. The molecule has 0 radical (unpaired) electrons. The summed E-state index contributed by atoms with van der Waals surface area (Å²) in [4.78, 5) is 49.8. The number of nitrogens with two attached hydrogens (primary N) is 1. The molecule has 214 valence electrons. The Morgan fingerprint density at radius 2 is 1.39 bits per heavy atom. The molecule has 0 aliphatic rings. The first-order valence-electron chi connectivity index (χ1n) is 13.4. The third-order valence-electron chi connectivity index (χ3n) is 6.43. The third-order valence-corrected chi connectivity index (χ3v) is 6.43. The molecule has 0 fully saturated rings. The maximum atomic E-state index is 12.7. The number of esters is 4. The first kappa shape index (κ1) is 33.1. The number of ether oxygens (including phenoxy) is 4. The minimum Gasteiger partial charge on any atom is -0.468 e. The normalized spacial score (nSPS) is 15.1. The van der Waals surface area contributed by atoms with Crippen LogP contribution in [0, 0.1) is 17.8 Å². The molecule has 1 rings (SSSR count). The van der Waals surface area contributed by atoms with Gasteiger partial charge in [-0.15, -0.1) is 0 Å². The first-order valence-corrected chi connectivity index (χ1v) is 13.4. The summed E-state index contributed by atoms with van der Waals surface area (Å²) in [6, 6.07) is 4.71. The molecule has 0 spiro atoms. The van der Waals surface area contributed by atoms with Crippen molar-refractivity contribution in [2.75, 3.05) is 7.11 Å². The Balaban J connectivity index is 3.28. The van der Waals surface area contributed by atoms with E-state index >= 15 is 0 Å². The largest absolute Gasteiger partial charge is 0.468 e. The molecule has 9 heteroatoms. The number of rotatable bonds is 15. The van der Waals surface area contributed by atoms with E-state index in [2.05, 4.69) is 0 Å². The van der Waals surface area contributed by atoms with Gasteiger partial charge in [-0.05, 0) is 36.5 Å². The van der Waals surface area contributed by atoms with Crippen LogP contribution < -0.4 is 15.2 Å². The Morgan fingerprint density at radius 1 is 0.868 bits per heavy atom. The van der Waals surface area contributed by atoms with Gasteiger partial charge in [-0.25, -0.2) is 0 Å². The topological polar surface area (TPSA) is 131 Å². The van der Waals surface area contributed by atoms with Crippen molar-refractivity contribution in [1.82, 2.24) is 0 Å². The van der Waals surface area contributed by atoms with Crippen LogP contribution in [0.15, 0.2) is 18.2 Å². The molecule has 0 saturated heterocycles. The van der Waals surface area contributed by atoms with Crippen LogP contribution in [0.3, 0.4) is 0 Å². The van der Waals surface area contributed by atoms with Crippen molar-refractivity contribution in [2.45, 2.75) is 98.6 Å². The zero-order valence-corrected chi connectivity index (χ0v) is 24.1. The predicted octanol–water partition coefficient (Wildman–Crippen LogP) is 4.76. The van der Waals surface area contributed by atoms with Gasteiger partial charge in [0.25, 0.3) is 0 Å². The summed E-state index contributed by atoms with van der Waals surface area (Å²) in [5.41, 5.74) is 5.52. The van der Waals surface area contributed by atoms with E-state index in [0.717, 1.165) is 12.8 Å². The highest BCUT2D eigenvalue weighted by atomic mass is 16.6. The van der Waals surface area contributed by atoms with Crippen molar-refractivity contribution >= 4 is 23.9 Å². The van der Waals surface area contributed by atoms with Crippen LogP contribution in [-0.4, -0.2) is 42.6 Å². The molecule has 4 atom stereocenters. The molecule has 0 aromatic heterocycles. The van der Waals surface area contributed by atoms with Gasteiger partial charge in [-0.2, -0.15) is 0 Å². The van der Waals surface area contributed by atoms with Gasteiger partial charge in [-0.1, -0.05) is 60.5 Å². The second kappa shape index (κ2) is 15.5. The number of carbonyl (C=O) groups excluding carboxylic acids is 4. The molecule has 0 aliphatic carbocycles. The van der Waals surface area contributed by atoms with E-state index in [4.69, 9.17) is 24.7 Å². The van der Waals surface area contributed by atoms with Crippen LogP contribution in [0.4, 0.5) is 0 Å². The lowest BCUT2D eigenvalue weighted by Crippen LogP contribution is -2.53. The van der Waals surface area contributed by atoms with Gasteiger partial charge in [-0.3, -0.25) is 19.2 Å². The molecule has 9 nitrogen and oxygen atoms in total. The van der Waals surface area contributed by atoms with Crippen molar-refractivity contribution in [1.29, 1.82) is 0 Å². The van der Waals surface area contributed by atoms with Crippen molar-refractivity contribution in [3.63, 3.8) is 0 Å². The van der Waals surface area contributed by atoms with Gasteiger partial charge in [0.05, 0.1) is 13.0 Å². The Labute approximate surface area is 226 Å². The minimum atomic E-state index is -1.53. The summed E-state index contributed by atoms with van der Waals surface area (Å²) >= 11 is 0. The summed E-state index contributed by atoms with van der Waals surface area (Å²) in [7, 11) is 1.23. The van der Waals surface area contributed by atoms with Crippen molar-refractivity contribution in [3.05, 3.63) is 23.8 Å². The van der Waals surface area contributed by atoms with E-state index in [0.29, 0.717) is 5.56 Å². The van der Waals surface area contributed by atoms with Gasteiger partial charge in [0.1, 0.15) is 11.6 Å². The van der Waals surface area contributed by atoms with Crippen molar-refractivity contribution in [3.8, 4) is 11.5 Å². The fraction of sp³-hybridized carbons (Fsp3) is 0.655. The maximum Gasteiger partial charge on any atom is 0.326 e. The molecular formula is C29H45NO8. The molecule has 0 aliphatic heterocycles. The van der Waals surface area contributed by atoms with Crippen LogP contribution in [0.1, 0.15) is 86.1 Å². The highest BCUT2D eigenvalue weighted by Gasteiger charge is 2.38. The molecule has 1 aromatic rings. The predicted molar refractivity (Wildman–Crippen MR) is 144 cm³/mol. The second-order valence-electron chi connectivity index (χ2n) is 10.6. The van der Waals surface area contributed by atoms with Crippen LogP contribution in [0.2, 0.25) is 0 Å². The lowest BCUT2D eigenvalue weighted by Gasteiger charge is -2.30. The molecule has 2 N–H and O–H groups in total. The zero-order chi connectivity index (χ0) is 29.0. The van der Waals surface area contributed by atoms with E-state index in [-0.39, 0.29) is 54.9 Å². The monoisotopic (exact) mass is 535 g/mol. The van der Waals surface area contributed by atoms with Crippen LogP contribution in [-0.2, 0) is 35.1 Å². The lowest BCUT2D eigenvalue weighted by atomic mass is 9.86. The molecule has 38 heavy (non-hydrogen) atoms. The van der Waals surface area contributed by atoms with Gasteiger partial charge in [0, 0.05) is 25.7 Å². The summed E-state index contributed by atoms with van der Waals surface area (Å²) in [5.74, 6) is -1.86. The van der Waals surface area contributed by atoms with E-state index < -0.39 is 35.5 Å². The molecular weight excluding hydrogens is 490 g/mol. The van der Waals surface area contributed by atoms with Gasteiger partial charge in [0.2, 0.25) is 0 Å². The van der Waals surface area contributed by atoms with Gasteiger partial charge < -0.3 is 24.7 Å². The highest BCUT2D eigenvalue weighted by Crippen LogP contribution is 2.32. The highest BCUT2D eigenvalue weighted by molar-refractivity contribution is 5.81. The van der Waals surface area contributed by atoms with Crippen LogP contribution in [0.25, 0.3) is 0 Å². The first-order chi connectivity index (χ1) is 17.7. The summed E-state index contributed by atoms with van der Waals surface area (Å²) in [6.07, 6.45) is 1.40. The Hall–Kier alpha value is -2.94. The van der Waals surface area contributed by atoms with Crippen molar-refractivity contribution < 1.29 is 38.1 Å². The lowest BCUT2D eigenvalue weighted by molar-refractivity contribution is -0.157. The standard InChI is InChI=1S/C29H45NO8/c1-9-19(5)13-25(31)37-23-12-11-22(15-24(23)38-26(32)14-20(6)10-2)17-29(30,28(34)35-8)16-21(7)36-27(33)18(3)4/h11-12,15,18-21H,9-10,13-14,16-17,30H2,1-8H3/t19?,20?,21?,29-/m1/s1. The van der Waals surface area contributed by atoms with Crippen molar-refractivity contribution in [2.24, 2.45) is 23.5 Å². The SMILES string of the molecule is CCC(C)CC(=O)Oc1ccc(C[C@](N)(CC(C)OC(=O)C(C)C)C(=O)OC)cc1OC(=O)CC(C)CC. The minimum absolute atomic E-state index is 0.000249. The third kappa shape index (κ3) is 10.8. The van der Waals surface area contributed by atoms with E-state index in [1.807, 2.05) is 27.7 Å². The molecule has 0 amide bonds. The van der Waals surface area contributed by atoms with Crippen LogP contribution in [0.5, 0.6) is 11.5 Å². The Kier molecular flexibility index (Phi) is 13.5. The smallest absolute Gasteiger partial charge is 0.326 e. The summed E-state index contributed by atoms with van der Waals surface area (Å²) in [5, 5.41) is 0. The van der Waals surface area contributed by atoms with Gasteiger partial charge >= 0.3 is 23.9 Å². The average Bonchev–Trinajstić information content (AvgIpc) is 2.84. The Morgan fingerprint density at radius 3 is 1.87 bits per heavy atom. The van der Waals surface area contributed by atoms with E-state index in [9.17, 15) is 19.2 Å². The molecule has 0 saturated carbocycles. The number of carbonyl (C=O) groups is 4. The van der Waals surface area contributed by atoms with E-state index in [1.54, 1.807) is 26.8 Å². The zero-order valence-electron chi connectivity index (χ0n) is 24.1. The summed E-state index contributed by atoms with van der Waals surface area (Å²) in [6.45, 7) is 12.9. The Bertz CT molecular complexity index is 960. The number of hydrogen-bond donors (Lipinski definition) is 1. The average molecular weight is 536 g/mol. The summed E-state index contributed by atoms with van der Waals surface area (Å²) < 4.78 is 21.5. The fourth-order valence-corrected chi connectivity index (χ4v) is 3.70. The quantitative estimate of drug-likeness (QED) is 0.249. The number of benzene rings is 1. The number of hydrogen-bond acceptors (Lipinski definition) is 9.